The van der Waals surface area contributed by atoms with Crippen molar-refractivity contribution in [2.24, 2.45) is 0 Å². The number of aliphatic hydroxyl groups is 3. The van der Waals surface area contributed by atoms with Crippen molar-refractivity contribution in [2.75, 3.05) is 26.3 Å². The molecule has 26 heavy (non-hydrogen) atoms. The lowest BCUT2D eigenvalue weighted by Gasteiger charge is -2.26. The normalized spacial score (nSPS) is 39.9. The maximum Gasteiger partial charge on any atom is 0.323 e. The van der Waals surface area contributed by atoms with Crippen LogP contribution in [0.5, 0.6) is 0 Å². The van der Waals surface area contributed by atoms with Crippen molar-refractivity contribution in [3.8, 4) is 0 Å². The number of aliphatic hydroxyl groups excluding tert-OH is 2. The highest BCUT2D eigenvalue weighted by Gasteiger charge is 2.54. The van der Waals surface area contributed by atoms with Gasteiger partial charge in [-0.2, -0.15) is 0 Å². The third-order valence-corrected chi connectivity index (χ3v) is 5.02. The van der Waals surface area contributed by atoms with Gasteiger partial charge in [-0.1, -0.05) is 0 Å². The molecular formula is C16H26N2O8. The maximum atomic E-state index is 11.9. The first-order valence-corrected chi connectivity index (χ1v) is 8.97. The van der Waals surface area contributed by atoms with E-state index in [9.17, 15) is 24.9 Å². The second-order valence-electron chi connectivity index (χ2n) is 6.97. The number of hydrogen-bond donors (Lipinski definition) is 5. The number of carbonyl (C=O) groups excluding carboxylic acids is 2. The fourth-order valence-corrected chi connectivity index (χ4v) is 3.44. The van der Waals surface area contributed by atoms with E-state index in [4.69, 9.17) is 14.2 Å². The summed E-state index contributed by atoms with van der Waals surface area (Å²) in [7, 11) is 0. The Labute approximate surface area is 150 Å². The van der Waals surface area contributed by atoms with Crippen molar-refractivity contribution in [1.29, 1.82) is 0 Å². The molecule has 0 aliphatic carbocycles. The van der Waals surface area contributed by atoms with Crippen LogP contribution in [0.15, 0.2) is 0 Å². The van der Waals surface area contributed by atoms with Crippen LogP contribution in [-0.4, -0.2) is 89.7 Å². The van der Waals surface area contributed by atoms with Crippen LogP contribution in [0, 0.1) is 0 Å². The van der Waals surface area contributed by atoms with E-state index in [0.717, 1.165) is 19.4 Å². The van der Waals surface area contributed by atoms with Gasteiger partial charge in [0.25, 0.3) is 0 Å². The quantitative estimate of drug-likeness (QED) is 0.313. The van der Waals surface area contributed by atoms with Crippen LogP contribution in [0.4, 0.5) is 0 Å². The van der Waals surface area contributed by atoms with Crippen LogP contribution in [0.3, 0.4) is 0 Å². The first-order valence-electron chi connectivity index (χ1n) is 8.97. The van der Waals surface area contributed by atoms with Gasteiger partial charge in [-0.05, 0) is 38.8 Å². The zero-order valence-electron chi connectivity index (χ0n) is 14.4. The Balaban J connectivity index is 1.49. The van der Waals surface area contributed by atoms with Crippen LogP contribution in [0.2, 0.25) is 0 Å². The predicted molar refractivity (Wildman–Crippen MR) is 85.8 cm³/mol. The summed E-state index contributed by atoms with van der Waals surface area (Å²) >= 11 is 0. The lowest BCUT2D eigenvalue weighted by molar-refractivity contribution is -0.254. The van der Waals surface area contributed by atoms with E-state index in [1.807, 2.05) is 0 Å². The Bertz CT molecular complexity index is 520. The second-order valence-corrected chi connectivity index (χ2v) is 6.97. The van der Waals surface area contributed by atoms with E-state index in [1.165, 1.54) is 0 Å². The van der Waals surface area contributed by atoms with Crippen LogP contribution in [-0.2, 0) is 23.8 Å². The van der Waals surface area contributed by atoms with E-state index < -0.39 is 54.7 Å². The SMILES string of the molecule is O=C(OC[C@H]1O[C@](O)(COC(=O)[C@@H]2CCCN2)[C@H](O)[C@@H]1O)[C@@H]1CCCN1. The molecule has 0 aromatic rings. The molecule has 0 spiro atoms. The third-order valence-electron chi connectivity index (χ3n) is 5.02. The van der Waals surface area contributed by atoms with Gasteiger partial charge in [0, 0.05) is 0 Å². The molecule has 0 aromatic carbocycles. The van der Waals surface area contributed by atoms with Gasteiger partial charge in [-0.15, -0.1) is 0 Å². The fraction of sp³-hybridized carbons (Fsp3) is 0.875. The van der Waals surface area contributed by atoms with Gasteiger partial charge in [0.2, 0.25) is 5.79 Å². The maximum absolute atomic E-state index is 11.9. The van der Waals surface area contributed by atoms with Crippen molar-refractivity contribution >= 4 is 11.9 Å². The van der Waals surface area contributed by atoms with Crippen LogP contribution < -0.4 is 10.6 Å². The van der Waals surface area contributed by atoms with Crippen molar-refractivity contribution in [3.63, 3.8) is 0 Å². The summed E-state index contributed by atoms with van der Waals surface area (Å²) in [5, 5.41) is 36.4. The minimum atomic E-state index is -2.25. The molecule has 6 atom stereocenters. The molecule has 0 amide bonds. The van der Waals surface area contributed by atoms with Crippen LogP contribution in [0.1, 0.15) is 25.7 Å². The van der Waals surface area contributed by atoms with E-state index in [2.05, 4.69) is 10.6 Å². The number of hydrogen-bond acceptors (Lipinski definition) is 10. The molecule has 0 unspecified atom stereocenters. The summed E-state index contributed by atoms with van der Waals surface area (Å²) in [6.45, 7) is 0.500. The molecule has 3 fully saturated rings. The van der Waals surface area contributed by atoms with E-state index in [-0.39, 0.29) is 6.61 Å². The summed E-state index contributed by atoms with van der Waals surface area (Å²) in [6, 6.07) is -0.838. The molecular weight excluding hydrogens is 348 g/mol. The van der Waals surface area contributed by atoms with Gasteiger partial charge >= 0.3 is 11.9 Å². The second kappa shape index (κ2) is 8.15. The molecule has 0 bridgehead atoms. The van der Waals surface area contributed by atoms with Crippen LogP contribution >= 0.6 is 0 Å². The molecule has 0 aromatic heterocycles. The number of carbonyl (C=O) groups is 2. The molecule has 10 nitrogen and oxygen atoms in total. The highest BCUT2D eigenvalue weighted by atomic mass is 16.7. The molecule has 5 N–H and O–H groups in total. The van der Waals surface area contributed by atoms with Crippen molar-refractivity contribution in [1.82, 2.24) is 10.6 Å². The average Bonchev–Trinajstić information content (AvgIpc) is 3.37. The highest BCUT2D eigenvalue weighted by molar-refractivity contribution is 5.76. The molecule has 3 aliphatic rings. The summed E-state index contributed by atoms with van der Waals surface area (Å²) in [6.07, 6.45) is -1.26. The van der Waals surface area contributed by atoms with E-state index >= 15 is 0 Å². The minimum Gasteiger partial charge on any atom is -0.462 e. The smallest absolute Gasteiger partial charge is 0.323 e. The van der Waals surface area contributed by atoms with Crippen molar-refractivity contribution in [3.05, 3.63) is 0 Å². The van der Waals surface area contributed by atoms with E-state index in [1.54, 1.807) is 0 Å². The number of ether oxygens (including phenoxy) is 3. The largest absolute Gasteiger partial charge is 0.462 e. The monoisotopic (exact) mass is 374 g/mol. The average molecular weight is 374 g/mol. The van der Waals surface area contributed by atoms with Crippen molar-refractivity contribution < 1.29 is 39.1 Å². The molecule has 3 aliphatic heterocycles. The molecule has 0 radical (unpaired) electrons. The van der Waals surface area contributed by atoms with Gasteiger partial charge in [0.1, 0.15) is 43.6 Å². The fourth-order valence-electron chi connectivity index (χ4n) is 3.44. The first-order chi connectivity index (χ1) is 12.4. The minimum absolute atomic E-state index is 0.324. The van der Waals surface area contributed by atoms with E-state index in [0.29, 0.717) is 19.4 Å². The van der Waals surface area contributed by atoms with Gasteiger partial charge < -0.3 is 40.2 Å². The Morgan fingerprint density at radius 2 is 1.62 bits per heavy atom. The Hall–Kier alpha value is -1.30. The zero-order valence-corrected chi connectivity index (χ0v) is 14.4. The predicted octanol–water partition coefficient (Wildman–Crippen LogP) is -2.61. The number of rotatable bonds is 6. The summed E-state index contributed by atoms with van der Waals surface area (Å²) < 4.78 is 15.4. The van der Waals surface area contributed by atoms with Gasteiger partial charge in [0.15, 0.2) is 0 Å². The molecule has 10 heteroatoms. The molecule has 3 saturated heterocycles. The summed E-state index contributed by atoms with van der Waals surface area (Å²) in [4.78, 5) is 23.8. The topological polar surface area (TPSA) is 147 Å². The first kappa shape index (κ1) is 19.5. The Morgan fingerprint density at radius 1 is 1.04 bits per heavy atom. The molecule has 3 rings (SSSR count). The lowest BCUT2D eigenvalue weighted by atomic mass is 10.1. The van der Waals surface area contributed by atoms with Crippen molar-refractivity contribution in [2.45, 2.75) is 61.9 Å². The Morgan fingerprint density at radius 3 is 2.15 bits per heavy atom. The molecule has 3 heterocycles. The lowest BCUT2D eigenvalue weighted by Crippen LogP contribution is -2.48. The molecule has 0 saturated carbocycles. The summed E-state index contributed by atoms with van der Waals surface area (Å²) in [5.41, 5.74) is 0. The standard InChI is InChI=1S/C16H26N2O8/c19-12-11(7-24-14(21)9-3-1-5-17-9)26-16(23,13(12)20)8-25-15(22)10-4-2-6-18-10/h9-13,17-20,23H,1-8H2/t9-,10-,11+,12+,13+,16+/m0/s1. The van der Waals surface area contributed by atoms with Gasteiger partial charge in [-0.3, -0.25) is 9.59 Å². The molecule has 148 valence electrons. The highest BCUT2D eigenvalue weighted by Crippen LogP contribution is 2.30. The third kappa shape index (κ3) is 4.16. The van der Waals surface area contributed by atoms with Gasteiger partial charge in [0.05, 0.1) is 0 Å². The summed E-state index contributed by atoms with van der Waals surface area (Å²) in [5.74, 6) is -3.28. The zero-order chi connectivity index (χ0) is 18.7. The number of esters is 2. The van der Waals surface area contributed by atoms with Crippen LogP contribution in [0.25, 0.3) is 0 Å². The Kier molecular flexibility index (Phi) is 6.10. The van der Waals surface area contributed by atoms with Gasteiger partial charge in [-0.25, -0.2) is 0 Å². The number of nitrogens with one attached hydrogen (secondary N) is 2.